The molecule has 29 heavy (non-hydrogen) atoms. The summed E-state index contributed by atoms with van der Waals surface area (Å²) in [5, 5.41) is 12.0. The molecule has 1 saturated carbocycles. The van der Waals surface area contributed by atoms with Crippen molar-refractivity contribution in [2.45, 2.75) is 25.8 Å². The minimum absolute atomic E-state index is 0.0564. The van der Waals surface area contributed by atoms with E-state index in [2.05, 4.69) is 21.3 Å². The van der Waals surface area contributed by atoms with Crippen LogP contribution in [0.25, 0.3) is 0 Å². The van der Waals surface area contributed by atoms with Gasteiger partial charge >= 0.3 is 6.03 Å². The Morgan fingerprint density at radius 2 is 1.52 bits per heavy atom. The fourth-order valence-electron chi connectivity index (χ4n) is 3.99. The smallest absolute Gasteiger partial charge is 0.323 e. The van der Waals surface area contributed by atoms with Crippen LogP contribution in [0.3, 0.4) is 0 Å². The van der Waals surface area contributed by atoms with Crippen LogP contribution < -0.4 is 21.3 Å². The molecule has 1 saturated heterocycles. The average molecular weight is 393 g/mol. The number of benzene rings is 2. The lowest BCUT2D eigenvalue weighted by atomic mass is 9.66. The van der Waals surface area contributed by atoms with Crippen molar-refractivity contribution in [3.63, 3.8) is 0 Å². The second kappa shape index (κ2) is 8.66. The fraction of sp³-hybridized carbons (Fsp3) is 0.391. The van der Waals surface area contributed by atoms with Gasteiger partial charge in [-0.25, -0.2) is 4.79 Å². The second-order valence-electron chi connectivity index (χ2n) is 8.14. The molecule has 0 aromatic heterocycles. The summed E-state index contributed by atoms with van der Waals surface area (Å²) in [6.07, 6.45) is 2.04. The third-order valence-electron chi connectivity index (χ3n) is 6.08. The van der Waals surface area contributed by atoms with Crippen molar-refractivity contribution in [1.29, 1.82) is 0 Å². The van der Waals surface area contributed by atoms with E-state index < -0.39 is 0 Å². The van der Waals surface area contributed by atoms with Gasteiger partial charge in [0.05, 0.1) is 6.04 Å². The van der Waals surface area contributed by atoms with Gasteiger partial charge in [0.1, 0.15) is 0 Å². The van der Waals surface area contributed by atoms with E-state index in [-0.39, 0.29) is 23.9 Å². The number of urea groups is 1. The summed E-state index contributed by atoms with van der Waals surface area (Å²) in [4.78, 5) is 24.6. The number of para-hydroxylation sites is 1. The minimum Gasteiger partial charge on any atom is -0.349 e. The van der Waals surface area contributed by atoms with Crippen LogP contribution in [-0.2, 0) is 4.79 Å². The Bertz CT molecular complexity index is 843. The standard InChI is InChI=1S/C23H28N4O2/c1-15(25-22(28)18-11-17(12-18)19-13-24-14-19)16-7-9-21(10-8-16)27-23(29)26-20-5-3-2-4-6-20/h2-10,15,17-19,24H,11-14H2,1H3,(H,25,28)(H2,26,27,29). The summed E-state index contributed by atoms with van der Waals surface area (Å²) < 4.78 is 0. The summed E-state index contributed by atoms with van der Waals surface area (Å²) in [6, 6.07) is 16.5. The van der Waals surface area contributed by atoms with Crippen LogP contribution in [0, 0.1) is 17.8 Å². The highest BCUT2D eigenvalue weighted by Gasteiger charge is 2.40. The van der Waals surface area contributed by atoms with E-state index in [0.717, 1.165) is 49.0 Å². The molecule has 1 aliphatic heterocycles. The Morgan fingerprint density at radius 1 is 0.897 bits per heavy atom. The first-order valence-corrected chi connectivity index (χ1v) is 10.3. The molecule has 4 rings (SSSR count). The summed E-state index contributed by atoms with van der Waals surface area (Å²) in [5.74, 6) is 1.81. The van der Waals surface area contributed by atoms with Gasteiger partial charge in [-0.1, -0.05) is 30.3 Å². The molecule has 152 valence electrons. The number of hydrogen-bond acceptors (Lipinski definition) is 3. The van der Waals surface area contributed by atoms with Gasteiger partial charge in [-0.15, -0.1) is 0 Å². The molecule has 2 fully saturated rings. The third kappa shape index (κ3) is 4.77. The zero-order valence-corrected chi connectivity index (χ0v) is 16.7. The Morgan fingerprint density at radius 3 is 2.10 bits per heavy atom. The fourth-order valence-corrected chi connectivity index (χ4v) is 3.99. The molecule has 2 aliphatic rings. The number of carbonyl (C=O) groups excluding carboxylic acids is 2. The van der Waals surface area contributed by atoms with Gasteiger partial charge in [-0.3, -0.25) is 4.79 Å². The first-order chi connectivity index (χ1) is 14.1. The Hall–Kier alpha value is -2.86. The summed E-state index contributed by atoms with van der Waals surface area (Å²) >= 11 is 0. The van der Waals surface area contributed by atoms with E-state index in [1.54, 1.807) is 0 Å². The maximum atomic E-state index is 12.5. The van der Waals surface area contributed by atoms with Gasteiger partial charge in [0.2, 0.25) is 5.91 Å². The van der Waals surface area contributed by atoms with Crippen molar-refractivity contribution in [2.24, 2.45) is 17.8 Å². The molecule has 6 heteroatoms. The highest BCUT2D eigenvalue weighted by Crippen LogP contribution is 2.40. The van der Waals surface area contributed by atoms with Gasteiger partial charge in [0, 0.05) is 17.3 Å². The van der Waals surface area contributed by atoms with E-state index in [1.165, 1.54) is 0 Å². The van der Waals surface area contributed by atoms with Crippen LogP contribution in [0.2, 0.25) is 0 Å². The maximum absolute atomic E-state index is 12.5. The van der Waals surface area contributed by atoms with E-state index in [9.17, 15) is 9.59 Å². The largest absolute Gasteiger partial charge is 0.349 e. The van der Waals surface area contributed by atoms with E-state index in [1.807, 2.05) is 61.5 Å². The Balaban J connectivity index is 1.24. The quantitative estimate of drug-likeness (QED) is 0.604. The van der Waals surface area contributed by atoms with Crippen LogP contribution in [0.5, 0.6) is 0 Å². The van der Waals surface area contributed by atoms with Crippen molar-refractivity contribution in [3.05, 3.63) is 60.2 Å². The van der Waals surface area contributed by atoms with Crippen LogP contribution in [0.15, 0.2) is 54.6 Å². The number of amides is 3. The van der Waals surface area contributed by atoms with Crippen molar-refractivity contribution in [1.82, 2.24) is 10.6 Å². The van der Waals surface area contributed by atoms with E-state index >= 15 is 0 Å². The summed E-state index contributed by atoms with van der Waals surface area (Å²) in [7, 11) is 0. The van der Waals surface area contributed by atoms with Gasteiger partial charge in [-0.05, 0) is 74.5 Å². The van der Waals surface area contributed by atoms with E-state index in [4.69, 9.17) is 0 Å². The van der Waals surface area contributed by atoms with Gasteiger partial charge in [-0.2, -0.15) is 0 Å². The number of rotatable bonds is 6. The normalized spacial score (nSPS) is 22.0. The molecule has 6 nitrogen and oxygen atoms in total. The zero-order chi connectivity index (χ0) is 20.2. The molecular weight excluding hydrogens is 364 g/mol. The summed E-state index contributed by atoms with van der Waals surface area (Å²) in [5.41, 5.74) is 2.47. The monoisotopic (exact) mass is 392 g/mol. The van der Waals surface area contributed by atoms with Crippen molar-refractivity contribution in [3.8, 4) is 0 Å². The van der Waals surface area contributed by atoms with Gasteiger partial charge < -0.3 is 21.3 Å². The lowest BCUT2D eigenvalue weighted by Crippen LogP contribution is -2.51. The molecule has 0 spiro atoms. The van der Waals surface area contributed by atoms with Crippen molar-refractivity contribution < 1.29 is 9.59 Å². The molecule has 2 aromatic rings. The second-order valence-corrected chi connectivity index (χ2v) is 8.14. The molecule has 0 bridgehead atoms. The predicted octanol–water partition coefficient (Wildman–Crippen LogP) is 3.75. The van der Waals surface area contributed by atoms with E-state index in [0.29, 0.717) is 5.69 Å². The Labute approximate surface area is 171 Å². The molecule has 1 unspecified atom stereocenters. The van der Waals surface area contributed by atoms with Gasteiger partial charge in [0.15, 0.2) is 0 Å². The number of carbonyl (C=O) groups is 2. The highest BCUT2D eigenvalue weighted by molar-refractivity contribution is 5.99. The lowest BCUT2D eigenvalue weighted by Gasteiger charge is -2.44. The van der Waals surface area contributed by atoms with Crippen LogP contribution in [-0.4, -0.2) is 25.0 Å². The molecular formula is C23H28N4O2. The lowest BCUT2D eigenvalue weighted by molar-refractivity contribution is -0.131. The van der Waals surface area contributed by atoms with Crippen molar-refractivity contribution >= 4 is 23.3 Å². The molecule has 3 amide bonds. The average Bonchev–Trinajstić information content (AvgIpc) is 2.63. The number of hydrogen-bond donors (Lipinski definition) is 4. The first-order valence-electron chi connectivity index (χ1n) is 10.3. The SMILES string of the molecule is CC(NC(=O)C1CC(C2CNC2)C1)c1ccc(NC(=O)Nc2ccccc2)cc1. The zero-order valence-electron chi connectivity index (χ0n) is 16.7. The molecule has 2 aromatic carbocycles. The molecule has 1 heterocycles. The third-order valence-corrected chi connectivity index (χ3v) is 6.08. The van der Waals surface area contributed by atoms with Gasteiger partial charge in [0.25, 0.3) is 0 Å². The number of nitrogens with one attached hydrogen (secondary N) is 4. The molecule has 1 atom stereocenters. The van der Waals surface area contributed by atoms with Crippen LogP contribution in [0.1, 0.15) is 31.4 Å². The number of anilines is 2. The minimum atomic E-state index is -0.286. The molecule has 0 radical (unpaired) electrons. The summed E-state index contributed by atoms with van der Waals surface area (Å²) in [6.45, 7) is 4.22. The Kier molecular flexibility index (Phi) is 5.81. The van der Waals surface area contributed by atoms with Crippen LogP contribution in [0.4, 0.5) is 16.2 Å². The molecule has 4 N–H and O–H groups in total. The van der Waals surface area contributed by atoms with Crippen LogP contribution >= 0.6 is 0 Å². The predicted molar refractivity (Wildman–Crippen MR) is 115 cm³/mol. The topological polar surface area (TPSA) is 82.3 Å². The highest BCUT2D eigenvalue weighted by atomic mass is 16.2. The van der Waals surface area contributed by atoms with Crippen molar-refractivity contribution in [2.75, 3.05) is 23.7 Å². The maximum Gasteiger partial charge on any atom is 0.323 e. The molecule has 1 aliphatic carbocycles. The first kappa shape index (κ1) is 19.5.